The molecule has 1 spiro atoms. The number of benzene rings is 1. The van der Waals surface area contributed by atoms with Crippen molar-refractivity contribution in [2.75, 3.05) is 50.8 Å². The Balaban J connectivity index is 1.42. The van der Waals surface area contributed by atoms with Gasteiger partial charge in [-0.25, -0.2) is 0 Å². The van der Waals surface area contributed by atoms with Crippen molar-refractivity contribution in [3.63, 3.8) is 0 Å². The van der Waals surface area contributed by atoms with Gasteiger partial charge in [-0.3, -0.25) is 4.79 Å². The number of ether oxygens (including phenoxy) is 1. The Morgan fingerprint density at radius 2 is 2.00 bits per heavy atom. The number of alkyl halides is 3. The van der Waals surface area contributed by atoms with Crippen LogP contribution < -0.4 is 15.0 Å². The number of aliphatic hydroxyl groups excluding tert-OH is 2. The molecule has 1 saturated carbocycles. The zero-order valence-electron chi connectivity index (χ0n) is 19.3. The lowest BCUT2D eigenvalue weighted by molar-refractivity contribution is -0.275. The van der Waals surface area contributed by atoms with Crippen LogP contribution in [0.4, 0.5) is 18.9 Å². The number of rotatable bonds is 8. The van der Waals surface area contributed by atoms with Crippen molar-refractivity contribution >= 4 is 11.6 Å². The van der Waals surface area contributed by atoms with Crippen LogP contribution in [0.5, 0.6) is 5.75 Å². The van der Waals surface area contributed by atoms with Crippen LogP contribution in [-0.2, 0) is 4.79 Å². The number of carbonyl (C=O) groups is 1. The number of piperidine rings is 1. The monoisotopic (exact) mass is 485 g/mol. The summed E-state index contributed by atoms with van der Waals surface area (Å²) in [5.41, 5.74) is 1.00. The van der Waals surface area contributed by atoms with Gasteiger partial charge in [-0.1, -0.05) is 6.07 Å². The summed E-state index contributed by atoms with van der Waals surface area (Å²) in [6.45, 7) is 3.31. The first-order valence-corrected chi connectivity index (χ1v) is 12.1. The van der Waals surface area contributed by atoms with Crippen LogP contribution in [0.25, 0.3) is 0 Å². The molecule has 1 amide bonds. The third-order valence-electron chi connectivity index (χ3n) is 7.54. The highest BCUT2D eigenvalue weighted by atomic mass is 19.4. The average Bonchev–Trinajstić information content (AvgIpc) is 3.58. The van der Waals surface area contributed by atoms with Crippen molar-refractivity contribution in [3.8, 4) is 5.75 Å². The number of likely N-dealkylation sites (tertiary alicyclic amines) is 1. The van der Waals surface area contributed by atoms with E-state index in [9.17, 15) is 28.2 Å². The highest BCUT2D eigenvalue weighted by molar-refractivity contribution is 5.77. The number of nitrogens with one attached hydrogen (secondary N) is 1. The lowest BCUT2D eigenvalue weighted by Crippen LogP contribution is -2.45. The molecule has 3 N–H and O–H groups in total. The zero-order valence-corrected chi connectivity index (χ0v) is 19.3. The fourth-order valence-electron chi connectivity index (χ4n) is 5.23. The van der Waals surface area contributed by atoms with Crippen molar-refractivity contribution in [3.05, 3.63) is 23.8 Å². The number of aliphatic hydroxyl groups is 2. The normalized spacial score (nSPS) is 24.0. The number of anilines is 1. The number of nitrogens with zero attached hydrogens (tertiary/aromatic N) is 2. The average molecular weight is 486 g/mol. The van der Waals surface area contributed by atoms with E-state index in [0.717, 1.165) is 32.4 Å². The molecule has 10 heteroatoms. The van der Waals surface area contributed by atoms with Crippen LogP contribution in [-0.4, -0.2) is 79.4 Å². The summed E-state index contributed by atoms with van der Waals surface area (Å²) in [5, 5.41) is 23.1. The number of carbonyl (C=O) groups excluding carboxylic acids is 1. The molecule has 7 nitrogen and oxygen atoms in total. The lowest BCUT2D eigenvalue weighted by atomic mass is 9.90. The highest BCUT2D eigenvalue weighted by Gasteiger charge is 2.51. The van der Waals surface area contributed by atoms with Crippen molar-refractivity contribution in [2.24, 2.45) is 5.41 Å². The Kier molecular flexibility index (Phi) is 7.59. The van der Waals surface area contributed by atoms with Crippen LogP contribution in [0.1, 0.15) is 50.0 Å². The minimum Gasteiger partial charge on any atom is -0.405 e. The summed E-state index contributed by atoms with van der Waals surface area (Å²) in [5.74, 6) is -0.889. The van der Waals surface area contributed by atoms with E-state index in [-0.39, 0.29) is 36.2 Å². The molecular weight excluding hydrogens is 451 g/mol. The zero-order chi connectivity index (χ0) is 24.3. The van der Waals surface area contributed by atoms with Gasteiger partial charge in [0.1, 0.15) is 5.75 Å². The Bertz CT molecular complexity index is 862. The molecule has 1 aromatic carbocycles. The van der Waals surface area contributed by atoms with E-state index in [1.165, 1.54) is 6.07 Å². The van der Waals surface area contributed by atoms with Gasteiger partial charge in [0.05, 0.1) is 12.7 Å². The topological polar surface area (TPSA) is 85.3 Å². The van der Waals surface area contributed by atoms with E-state index >= 15 is 0 Å². The van der Waals surface area contributed by atoms with Gasteiger partial charge in [0.15, 0.2) is 0 Å². The first kappa shape index (κ1) is 25.1. The fourth-order valence-corrected chi connectivity index (χ4v) is 5.23. The van der Waals surface area contributed by atoms with Gasteiger partial charge in [-0.15, -0.1) is 13.2 Å². The number of hydrogen-bond donors (Lipinski definition) is 3. The molecule has 190 valence electrons. The Labute approximate surface area is 197 Å². The van der Waals surface area contributed by atoms with Crippen LogP contribution in [0, 0.1) is 5.41 Å². The van der Waals surface area contributed by atoms with Crippen LogP contribution in [0.3, 0.4) is 0 Å². The van der Waals surface area contributed by atoms with Gasteiger partial charge in [0, 0.05) is 55.8 Å². The van der Waals surface area contributed by atoms with Crippen molar-refractivity contribution < 1.29 is 32.9 Å². The third-order valence-corrected chi connectivity index (χ3v) is 7.54. The molecule has 0 radical (unpaired) electrons. The van der Waals surface area contributed by atoms with Crippen molar-refractivity contribution in [1.82, 2.24) is 10.2 Å². The molecule has 4 rings (SSSR count). The smallest absolute Gasteiger partial charge is 0.405 e. The number of amides is 1. The molecule has 2 saturated heterocycles. The number of halogens is 3. The van der Waals surface area contributed by atoms with Gasteiger partial charge in [0.25, 0.3) is 0 Å². The number of hydrogen-bond acceptors (Lipinski definition) is 6. The molecule has 2 heterocycles. The van der Waals surface area contributed by atoms with Gasteiger partial charge in [-0.05, 0) is 56.7 Å². The molecule has 2 aliphatic heterocycles. The maximum Gasteiger partial charge on any atom is 0.573 e. The van der Waals surface area contributed by atoms with Gasteiger partial charge in [-0.2, -0.15) is 0 Å². The molecule has 0 unspecified atom stereocenters. The largest absolute Gasteiger partial charge is 0.573 e. The minimum atomic E-state index is -4.85. The summed E-state index contributed by atoms with van der Waals surface area (Å²) in [6, 6.07) is 4.68. The quantitative estimate of drug-likeness (QED) is 0.525. The van der Waals surface area contributed by atoms with Crippen molar-refractivity contribution in [1.29, 1.82) is 0 Å². The van der Waals surface area contributed by atoms with Crippen molar-refractivity contribution in [2.45, 2.75) is 56.9 Å². The maximum atomic E-state index is 13.2. The summed E-state index contributed by atoms with van der Waals surface area (Å²) < 4.78 is 44.0. The van der Waals surface area contributed by atoms with E-state index in [2.05, 4.69) is 15.0 Å². The second kappa shape index (κ2) is 10.3. The molecule has 0 bridgehead atoms. The second-order valence-electron chi connectivity index (χ2n) is 9.81. The molecule has 1 aromatic rings. The second-order valence-corrected chi connectivity index (χ2v) is 9.81. The van der Waals surface area contributed by atoms with Crippen LogP contribution in [0.15, 0.2) is 18.2 Å². The van der Waals surface area contributed by atoms with E-state index in [0.29, 0.717) is 50.3 Å². The Morgan fingerprint density at radius 3 is 2.68 bits per heavy atom. The maximum absolute atomic E-state index is 13.2. The predicted molar refractivity (Wildman–Crippen MR) is 121 cm³/mol. The fraction of sp³-hybridized carbons (Fsp3) is 0.708. The first-order valence-electron chi connectivity index (χ1n) is 12.1. The van der Waals surface area contributed by atoms with E-state index in [4.69, 9.17) is 0 Å². The van der Waals surface area contributed by atoms with Crippen LogP contribution >= 0.6 is 0 Å². The molecule has 2 atom stereocenters. The Morgan fingerprint density at radius 1 is 1.21 bits per heavy atom. The van der Waals surface area contributed by atoms with Crippen LogP contribution in [0.2, 0.25) is 0 Å². The molecule has 3 aliphatic rings. The molecule has 1 aliphatic carbocycles. The minimum absolute atomic E-state index is 0.0836. The first-order chi connectivity index (χ1) is 16.2. The van der Waals surface area contributed by atoms with E-state index < -0.39 is 12.3 Å². The van der Waals surface area contributed by atoms with Gasteiger partial charge >= 0.3 is 6.36 Å². The number of β-amino-alcohol motifs (C(OH)–C–C–N with tert-alkyl or cyclic N) is 1. The predicted octanol–water partition coefficient (Wildman–Crippen LogP) is 2.61. The molecule has 34 heavy (non-hydrogen) atoms. The summed E-state index contributed by atoms with van der Waals surface area (Å²) in [7, 11) is 0. The standard InChI is InChI=1S/C24H34F3N3O4/c25-24(26,27)34-20-14-18(30-11-5-22(33)28-9-13-30)3-4-19(20)17(16-31)2-1-10-29-12-8-23(6-7-23)21(32)15-29/h3-4,14,17,21,31-32H,1-2,5-13,15-16H2,(H,28,33)/t17-,21+/m0/s1. The molecule has 0 aromatic heterocycles. The molecule has 3 fully saturated rings. The Hall–Kier alpha value is -2.04. The SMILES string of the molecule is O=C1CCN(c2ccc([C@H](CO)CCCN3CCC4(CC4)[C@H](O)C3)c(OC(F)(F)F)c2)CCN1. The summed E-state index contributed by atoms with van der Waals surface area (Å²) in [6.07, 6.45) is -0.524. The van der Waals surface area contributed by atoms with E-state index in [1.54, 1.807) is 12.1 Å². The summed E-state index contributed by atoms with van der Waals surface area (Å²) in [4.78, 5) is 15.7. The van der Waals surface area contributed by atoms with Gasteiger partial charge in [0.2, 0.25) is 5.91 Å². The van der Waals surface area contributed by atoms with Gasteiger partial charge < -0.3 is 30.1 Å². The molecular formula is C24H34F3N3O4. The van der Waals surface area contributed by atoms with E-state index in [1.807, 2.05) is 4.90 Å². The highest BCUT2D eigenvalue weighted by Crippen LogP contribution is 2.53. The summed E-state index contributed by atoms with van der Waals surface area (Å²) >= 11 is 0. The third kappa shape index (κ3) is 6.14. The lowest BCUT2D eigenvalue weighted by Gasteiger charge is -2.36.